The van der Waals surface area contributed by atoms with E-state index >= 15 is 0 Å². The predicted molar refractivity (Wildman–Crippen MR) is 78.8 cm³/mol. The molecule has 1 aliphatic heterocycles. The number of hydrogen-bond acceptors (Lipinski definition) is 2. The SMILES string of the molecule is C[C@H](NC(=O)[C@H]1CCCC(=O)N1)c1ccc(Cl)cc1Cl. The van der Waals surface area contributed by atoms with Crippen LogP contribution in [0, 0.1) is 0 Å². The lowest BCUT2D eigenvalue weighted by Crippen LogP contribution is -2.49. The molecule has 0 spiro atoms. The highest BCUT2D eigenvalue weighted by Crippen LogP contribution is 2.26. The molecule has 2 rings (SSSR count). The first-order valence-corrected chi connectivity index (χ1v) is 7.27. The first-order valence-electron chi connectivity index (χ1n) is 6.52. The van der Waals surface area contributed by atoms with Crippen LogP contribution in [0.2, 0.25) is 10.0 Å². The monoisotopic (exact) mass is 314 g/mol. The van der Waals surface area contributed by atoms with Crippen LogP contribution in [-0.4, -0.2) is 17.9 Å². The fourth-order valence-electron chi connectivity index (χ4n) is 2.25. The summed E-state index contributed by atoms with van der Waals surface area (Å²) < 4.78 is 0. The minimum Gasteiger partial charge on any atom is -0.348 e. The van der Waals surface area contributed by atoms with Gasteiger partial charge in [-0.05, 0) is 37.5 Å². The van der Waals surface area contributed by atoms with E-state index < -0.39 is 6.04 Å². The number of carbonyl (C=O) groups excluding carboxylic acids is 2. The van der Waals surface area contributed by atoms with E-state index in [0.717, 1.165) is 12.0 Å². The smallest absolute Gasteiger partial charge is 0.243 e. The molecule has 0 saturated carbocycles. The summed E-state index contributed by atoms with van der Waals surface area (Å²) in [6.45, 7) is 1.84. The third kappa shape index (κ3) is 3.64. The highest BCUT2D eigenvalue weighted by Gasteiger charge is 2.26. The molecule has 20 heavy (non-hydrogen) atoms. The molecule has 0 bridgehead atoms. The first kappa shape index (κ1) is 15.1. The Balaban J connectivity index is 2.01. The fourth-order valence-corrected chi connectivity index (χ4v) is 2.82. The second-order valence-electron chi connectivity index (χ2n) is 4.91. The van der Waals surface area contributed by atoms with Gasteiger partial charge in [0.15, 0.2) is 0 Å². The molecule has 0 aromatic heterocycles. The Kier molecular flexibility index (Phi) is 4.89. The maximum atomic E-state index is 12.1. The second-order valence-corrected chi connectivity index (χ2v) is 5.75. The molecular weight excluding hydrogens is 299 g/mol. The van der Waals surface area contributed by atoms with Crippen molar-refractivity contribution >= 4 is 35.0 Å². The molecule has 1 aromatic rings. The van der Waals surface area contributed by atoms with E-state index in [1.54, 1.807) is 18.2 Å². The van der Waals surface area contributed by atoms with Gasteiger partial charge in [-0.3, -0.25) is 9.59 Å². The number of nitrogens with one attached hydrogen (secondary N) is 2. The highest BCUT2D eigenvalue weighted by molar-refractivity contribution is 6.35. The molecule has 1 heterocycles. The van der Waals surface area contributed by atoms with Gasteiger partial charge in [0.1, 0.15) is 6.04 Å². The van der Waals surface area contributed by atoms with E-state index in [9.17, 15) is 9.59 Å². The Morgan fingerprint density at radius 2 is 2.20 bits per heavy atom. The van der Waals surface area contributed by atoms with Crippen molar-refractivity contribution in [1.82, 2.24) is 10.6 Å². The molecule has 2 amide bonds. The molecule has 0 aliphatic carbocycles. The normalized spacial score (nSPS) is 20.1. The zero-order valence-electron chi connectivity index (χ0n) is 11.1. The Morgan fingerprint density at radius 1 is 1.45 bits per heavy atom. The third-order valence-electron chi connectivity index (χ3n) is 3.34. The van der Waals surface area contributed by atoms with Gasteiger partial charge in [-0.25, -0.2) is 0 Å². The van der Waals surface area contributed by atoms with Gasteiger partial charge in [0.05, 0.1) is 6.04 Å². The zero-order chi connectivity index (χ0) is 14.7. The number of rotatable bonds is 3. The van der Waals surface area contributed by atoms with Crippen molar-refractivity contribution in [2.45, 2.75) is 38.3 Å². The van der Waals surface area contributed by atoms with E-state index in [1.807, 2.05) is 6.92 Å². The van der Waals surface area contributed by atoms with Crippen LogP contribution in [0.15, 0.2) is 18.2 Å². The highest BCUT2D eigenvalue weighted by atomic mass is 35.5. The Labute approximate surface area is 127 Å². The van der Waals surface area contributed by atoms with Crippen LogP contribution < -0.4 is 10.6 Å². The molecule has 2 N–H and O–H groups in total. The van der Waals surface area contributed by atoms with Crippen LogP contribution in [0.3, 0.4) is 0 Å². The van der Waals surface area contributed by atoms with Gasteiger partial charge in [0, 0.05) is 16.5 Å². The Morgan fingerprint density at radius 3 is 2.85 bits per heavy atom. The van der Waals surface area contributed by atoms with Gasteiger partial charge < -0.3 is 10.6 Å². The van der Waals surface area contributed by atoms with Gasteiger partial charge in [0.25, 0.3) is 0 Å². The first-order chi connectivity index (χ1) is 9.47. The van der Waals surface area contributed by atoms with Crippen LogP contribution in [0.25, 0.3) is 0 Å². The Bertz CT molecular complexity index is 534. The molecular formula is C14H16Cl2N2O2. The topological polar surface area (TPSA) is 58.2 Å². The molecule has 4 nitrogen and oxygen atoms in total. The van der Waals surface area contributed by atoms with Gasteiger partial charge >= 0.3 is 0 Å². The molecule has 6 heteroatoms. The number of hydrogen-bond donors (Lipinski definition) is 2. The van der Waals surface area contributed by atoms with Crippen molar-refractivity contribution in [2.75, 3.05) is 0 Å². The molecule has 1 fully saturated rings. The van der Waals surface area contributed by atoms with Crippen LogP contribution in [0.1, 0.15) is 37.8 Å². The van der Waals surface area contributed by atoms with E-state index in [2.05, 4.69) is 10.6 Å². The minimum atomic E-state index is -0.454. The third-order valence-corrected chi connectivity index (χ3v) is 3.90. The van der Waals surface area contributed by atoms with Crippen molar-refractivity contribution in [3.05, 3.63) is 33.8 Å². The van der Waals surface area contributed by atoms with E-state index in [0.29, 0.717) is 22.9 Å². The van der Waals surface area contributed by atoms with Gasteiger partial charge in [-0.2, -0.15) is 0 Å². The number of carbonyl (C=O) groups is 2. The minimum absolute atomic E-state index is 0.0754. The number of piperidine rings is 1. The predicted octanol–water partition coefficient (Wildman–Crippen LogP) is 2.84. The molecule has 2 atom stereocenters. The molecule has 0 radical (unpaired) electrons. The van der Waals surface area contributed by atoms with Crippen LogP contribution in [0.4, 0.5) is 0 Å². The number of benzene rings is 1. The maximum absolute atomic E-state index is 12.1. The molecule has 1 aliphatic rings. The quantitative estimate of drug-likeness (QED) is 0.901. The van der Waals surface area contributed by atoms with E-state index in [-0.39, 0.29) is 17.9 Å². The zero-order valence-corrected chi connectivity index (χ0v) is 12.6. The molecule has 1 aromatic carbocycles. The summed E-state index contributed by atoms with van der Waals surface area (Å²) in [6, 6.07) is 4.46. The summed E-state index contributed by atoms with van der Waals surface area (Å²) in [6.07, 6.45) is 1.89. The van der Waals surface area contributed by atoms with Crippen molar-refractivity contribution in [2.24, 2.45) is 0 Å². The van der Waals surface area contributed by atoms with Crippen molar-refractivity contribution < 1.29 is 9.59 Å². The summed E-state index contributed by atoms with van der Waals surface area (Å²) >= 11 is 12.0. The summed E-state index contributed by atoms with van der Waals surface area (Å²) in [5, 5.41) is 6.62. The summed E-state index contributed by atoms with van der Waals surface area (Å²) in [4.78, 5) is 23.4. The molecule has 0 unspecified atom stereocenters. The Hall–Kier alpha value is -1.26. The van der Waals surface area contributed by atoms with Crippen LogP contribution in [-0.2, 0) is 9.59 Å². The number of halogens is 2. The lowest BCUT2D eigenvalue weighted by Gasteiger charge is -2.24. The second kappa shape index (κ2) is 6.46. The lowest BCUT2D eigenvalue weighted by molar-refractivity contribution is -0.131. The summed E-state index contributed by atoms with van der Waals surface area (Å²) in [7, 11) is 0. The summed E-state index contributed by atoms with van der Waals surface area (Å²) in [5.74, 6) is -0.259. The van der Waals surface area contributed by atoms with Crippen LogP contribution in [0.5, 0.6) is 0 Å². The van der Waals surface area contributed by atoms with E-state index in [4.69, 9.17) is 23.2 Å². The van der Waals surface area contributed by atoms with Crippen LogP contribution >= 0.6 is 23.2 Å². The van der Waals surface area contributed by atoms with Gasteiger partial charge in [0.2, 0.25) is 11.8 Å². The van der Waals surface area contributed by atoms with Crippen molar-refractivity contribution in [3.63, 3.8) is 0 Å². The van der Waals surface area contributed by atoms with Crippen molar-refractivity contribution in [3.8, 4) is 0 Å². The maximum Gasteiger partial charge on any atom is 0.243 e. The van der Waals surface area contributed by atoms with E-state index in [1.165, 1.54) is 0 Å². The van der Waals surface area contributed by atoms with Gasteiger partial charge in [-0.1, -0.05) is 29.3 Å². The average molecular weight is 315 g/mol. The average Bonchev–Trinajstić information content (AvgIpc) is 2.38. The van der Waals surface area contributed by atoms with Crippen molar-refractivity contribution in [1.29, 1.82) is 0 Å². The largest absolute Gasteiger partial charge is 0.348 e. The lowest BCUT2D eigenvalue weighted by atomic mass is 10.0. The molecule has 1 saturated heterocycles. The summed E-state index contributed by atoms with van der Waals surface area (Å²) in [5.41, 5.74) is 0.798. The number of amides is 2. The van der Waals surface area contributed by atoms with Gasteiger partial charge in [-0.15, -0.1) is 0 Å². The fraction of sp³-hybridized carbons (Fsp3) is 0.429. The standard InChI is InChI=1S/C14H16Cl2N2O2/c1-8(10-6-5-9(15)7-11(10)16)17-14(20)12-3-2-4-13(19)18-12/h5-8,12H,2-4H2,1H3,(H,17,20)(H,18,19)/t8-,12+/m0/s1. The molecule has 108 valence electrons.